The molecule has 0 radical (unpaired) electrons. The molecule has 0 bridgehead atoms. The third kappa shape index (κ3) is 3.96. The fourth-order valence-electron chi connectivity index (χ4n) is 2.50. The van der Waals surface area contributed by atoms with Crippen molar-refractivity contribution in [1.29, 1.82) is 0 Å². The van der Waals surface area contributed by atoms with Crippen LogP contribution >= 0.6 is 15.9 Å². The van der Waals surface area contributed by atoms with E-state index in [0.29, 0.717) is 5.70 Å². The van der Waals surface area contributed by atoms with E-state index in [9.17, 15) is 4.79 Å². The number of aryl methyl sites for hydroxylation is 2. The Morgan fingerprint density at radius 3 is 2.57 bits per heavy atom. The molecule has 3 nitrogen and oxygen atoms in total. The molecule has 23 heavy (non-hydrogen) atoms. The first-order chi connectivity index (χ1) is 11.1. The van der Waals surface area contributed by atoms with Gasteiger partial charge in [0.25, 0.3) is 5.91 Å². The highest BCUT2D eigenvalue weighted by molar-refractivity contribution is 9.10. The summed E-state index contributed by atoms with van der Waals surface area (Å²) in [6, 6.07) is 16.1. The number of nitrogens with one attached hydrogen (secondary N) is 1. The standard InChI is InChI=1S/C19H17BrN2O/c1-13-4-2-3-5-15(13)8-11-18-21-17(19(23)22-18)12-14-6-9-16(20)10-7-14/h2-7,9-10,12H,8,11H2,1H3,(H,21,22,23)/b17-12+. The molecule has 0 unspecified atom stereocenters. The van der Waals surface area contributed by atoms with Crippen LogP contribution in [0.2, 0.25) is 0 Å². The Bertz CT molecular complexity index is 791. The van der Waals surface area contributed by atoms with Gasteiger partial charge in [-0.05, 0) is 48.2 Å². The number of rotatable bonds is 4. The van der Waals surface area contributed by atoms with Crippen LogP contribution in [0.5, 0.6) is 0 Å². The second-order valence-electron chi connectivity index (χ2n) is 5.52. The van der Waals surface area contributed by atoms with Crippen LogP contribution in [0.1, 0.15) is 23.1 Å². The van der Waals surface area contributed by atoms with Gasteiger partial charge in [-0.2, -0.15) is 0 Å². The summed E-state index contributed by atoms with van der Waals surface area (Å²) in [4.78, 5) is 16.5. The summed E-state index contributed by atoms with van der Waals surface area (Å²) in [5.74, 6) is 0.606. The number of hydrogen-bond donors (Lipinski definition) is 1. The van der Waals surface area contributed by atoms with Gasteiger partial charge in [-0.25, -0.2) is 4.99 Å². The maximum Gasteiger partial charge on any atom is 0.275 e. The summed E-state index contributed by atoms with van der Waals surface area (Å²) in [6.45, 7) is 2.10. The van der Waals surface area contributed by atoms with Gasteiger partial charge in [-0.3, -0.25) is 4.79 Å². The van der Waals surface area contributed by atoms with Crippen LogP contribution in [0.4, 0.5) is 0 Å². The van der Waals surface area contributed by atoms with E-state index < -0.39 is 0 Å². The highest BCUT2D eigenvalue weighted by atomic mass is 79.9. The van der Waals surface area contributed by atoms with Crippen molar-refractivity contribution in [3.05, 3.63) is 75.4 Å². The number of amidine groups is 1. The molecule has 0 fully saturated rings. The van der Waals surface area contributed by atoms with Gasteiger partial charge in [0, 0.05) is 10.9 Å². The molecule has 0 aliphatic carbocycles. The predicted molar refractivity (Wildman–Crippen MR) is 97.2 cm³/mol. The van der Waals surface area contributed by atoms with E-state index in [1.807, 2.05) is 42.5 Å². The van der Waals surface area contributed by atoms with Crippen molar-refractivity contribution in [2.24, 2.45) is 4.99 Å². The molecule has 1 N–H and O–H groups in total. The number of benzene rings is 2. The van der Waals surface area contributed by atoms with Gasteiger partial charge in [-0.15, -0.1) is 0 Å². The van der Waals surface area contributed by atoms with Crippen LogP contribution in [0.25, 0.3) is 6.08 Å². The van der Waals surface area contributed by atoms with E-state index in [1.54, 1.807) is 0 Å². The maximum atomic E-state index is 12.0. The van der Waals surface area contributed by atoms with Crippen molar-refractivity contribution in [2.45, 2.75) is 19.8 Å². The molecular weight excluding hydrogens is 352 g/mol. The summed E-state index contributed by atoms with van der Waals surface area (Å²) in [5.41, 5.74) is 3.98. The number of hydrogen-bond acceptors (Lipinski definition) is 2. The average molecular weight is 369 g/mol. The van der Waals surface area contributed by atoms with Crippen LogP contribution in [0.15, 0.2) is 63.7 Å². The molecule has 116 valence electrons. The quantitative estimate of drug-likeness (QED) is 0.804. The minimum absolute atomic E-state index is 0.132. The van der Waals surface area contributed by atoms with E-state index in [0.717, 1.165) is 28.7 Å². The van der Waals surface area contributed by atoms with E-state index in [1.165, 1.54) is 11.1 Å². The van der Waals surface area contributed by atoms with E-state index >= 15 is 0 Å². The highest BCUT2D eigenvalue weighted by Gasteiger charge is 2.19. The lowest BCUT2D eigenvalue weighted by Crippen LogP contribution is -2.24. The third-order valence-corrected chi connectivity index (χ3v) is 4.34. The lowest BCUT2D eigenvalue weighted by Gasteiger charge is -2.04. The SMILES string of the molecule is Cc1ccccc1CCC1=N/C(=C/c2ccc(Br)cc2)C(=O)N1. The first-order valence-corrected chi connectivity index (χ1v) is 8.32. The lowest BCUT2D eigenvalue weighted by molar-refractivity contribution is -0.115. The third-order valence-electron chi connectivity index (χ3n) is 3.81. The van der Waals surface area contributed by atoms with E-state index in [2.05, 4.69) is 45.3 Å². The number of amides is 1. The van der Waals surface area contributed by atoms with Crippen LogP contribution in [0.3, 0.4) is 0 Å². The second kappa shape index (κ2) is 6.92. The number of aliphatic imine (C=N–C) groups is 1. The Kier molecular flexibility index (Phi) is 4.72. The highest BCUT2D eigenvalue weighted by Crippen LogP contribution is 2.17. The zero-order valence-electron chi connectivity index (χ0n) is 12.8. The van der Waals surface area contributed by atoms with Gasteiger partial charge in [0.15, 0.2) is 0 Å². The summed E-state index contributed by atoms with van der Waals surface area (Å²) in [5, 5.41) is 2.86. The first-order valence-electron chi connectivity index (χ1n) is 7.52. The lowest BCUT2D eigenvalue weighted by atomic mass is 10.0. The minimum atomic E-state index is -0.132. The number of carbonyl (C=O) groups excluding carboxylic acids is 1. The Hall–Kier alpha value is -2.20. The molecule has 0 spiro atoms. The van der Waals surface area contributed by atoms with Crippen molar-refractivity contribution in [2.75, 3.05) is 0 Å². The summed E-state index contributed by atoms with van der Waals surface area (Å²) in [6.07, 6.45) is 3.41. The molecule has 1 aliphatic heterocycles. The van der Waals surface area contributed by atoms with E-state index in [-0.39, 0.29) is 5.91 Å². The monoisotopic (exact) mass is 368 g/mol. The Morgan fingerprint density at radius 2 is 1.83 bits per heavy atom. The molecule has 3 rings (SSSR count). The zero-order chi connectivity index (χ0) is 16.2. The van der Waals surface area contributed by atoms with Gasteiger partial charge in [0.05, 0.1) is 0 Å². The Balaban J connectivity index is 1.71. The molecule has 4 heteroatoms. The maximum absolute atomic E-state index is 12.0. The van der Waals surface area contributed by atoms with Crippen LogP contribution in [-0.2, 0) is 11.2 Å². The van der Waals surface area contributed by atoms with Crippen molar-refractivity contribution in [3.63, 3.8) is 0 Å². The molecular formula is C19H17BrN2O. The zero-order valence-corrected chi connectivity index (χ0v) is 14.4. The molecule has 0 saturated carbocycles. The smallest absolute Gasteiger partial charge is 0.275 e. The van der Waals surface area contributed by atoms with Gasteiger partial charge in [0.2, 0.25) is 0 Å². The van der Waals surface area contributed by atoms with Gasteiger partial charge in [-0.1, -0.05) is 52.3 Å². The fraction of sp³-hybridized carbons (Fsp3) is 0.158. The molecule has 0 atom stereocenters. The minimum Gasteiger partial charge on any atom is -0.309 e. The predicted octanol–water partition coefficient (Wildman–Crippen LogP) is 4.26. The second-order valence-corrected chi connectivity index (χ2v) is 6.44. The number of nitrogens with zero attached hydrogens (tertiary/aromatic N) is 1. The van der Waals surface area contributed by atoms with Crippen LogP contribution in [-0.4, -0.2) is 11.7 Å². The van der Waals surface area contributed by atoms with Crippen LogP contribution in [0, 0.1) is 6.92 Å². The van der Waals surface area contributed by atoms with Gasteiger partial charge < -0.3 is 5.32 Å². The van der Waals surface area contributed by atoms with Crippen molar-refractivity contribution in [3.8, 4) is 0 Å². The summed E-state index contributed by atoms with van der Waals surface area (Å²) >= 11 is 3.40. The molecule has 2 aromatic rings. The first kappa shape index (κ1) is 15.7. The topological polar surface area (TPSA) is 41.5 Å². The molecule has 1 amide bonds. The molecule has 1 aliphatic rings. The molecule has 0 aromatic heterocycles. The Labute approximate surface area is 144 Å². The Morgan fingerprint density at radius 1 is 1.09 bits per heavy atom. The van der Waals surface area contributed by atoms with Gasteiger partial charge >= 0.3 is 0 Å². The normalized spacial score (nSPS) is 15.7. The average Bonchev–Trinajstić information content (AvgIpc) is 2.89. The van der Waals surface area contributed by atoms with Crippen molar-refractivity contribution >= 4 is 33.7 Å². The van der Waals surface area contributed by atoms with Crippen LogP contribution < -0.4 is 5.32 Å². The number of carbonyl (C=O) groups is 1. The van der Waals surface area contributed by atoms with Crippen molar-refractivity contribution in [1.82, 2.24) is 5.32 Å². The van der Waals surface area contributed by atoms with E-state index in [4.69, 9.17) is 0 Å². The molecule has 0 saturated heterocycles. The summed E-state index contributed by atoms with van der Waals surface area (Å²) in [7, 11) is 0. The summed E-state index contributed by atoms with van der Waals surface area (Å²) < 4.78 is 1.01. The molecule has 1 heterocycles. The largest absolute Gasteiger partial charge is 0.309 e. The number of halogens is 1. The molecule has 2 aromatic carbocycles. The van der Waals surface area contributed by atoms with Gasteiger partial charge in [0.1, 0.15) is 11.5 Å². The fourth-order valence-corrected chi connectivity index (χ4v) is 2.76. The van der Waals surface area contributed by atoms with Crippen molar-refractivity contribution < 1.29 is 4.79 Å².